The van der Waals surface area contributed by atoms with Crippen molar-refractivity contribution in [3.05, 3.63) is 34.3 Å². The summed E-state index contributed by atoms with van der Waals surface area (Å²) in [6, 6.07) is 9.83. The summed E-state index contributed by atoms with van der Waals surface area (Å²) in [5, 5.41) is 3.75. The summed E-state index contributed by atoms with van der Waals surface area (Å²) in [5.41, 5.74) is 1.69. The lowest BCUT2D eigenvalue weighted by Gasteiger charge is -2.46. The molecule has 1 heterocycles. The third kappa shape index (κ3) is 4.54. The van der Waals surface area contributed by atoms with E-state index in [1.807, 2.05) is 0 Å². The fraction of sp³-hybridized carbons (Fsp3) is 0.667. The molecule has 2 unspecified atom stereocenters. The molecule has 2 nitrogen and oxygen atoms in total. The summed E-state index contributed by atoms with van der Waals surface area (Å²) in [4.78, 5) is 2.68. The van der Waals surface area contributed by atoms with Crippen LogP contribution in [0.15, 0.2) is 28.7 Å². The van der Waals surface area contributed by atoms with Crippen molar-refractivity contribution in [2.75, 3.05) is 13.1 Å². The standard InChI is InChI=1S/C18H29BrN2/c1-5-8-15-13-21(17(11-20-15)18(2,3)4)12-14-9-6-7-10-16(14)19/h6-7,9-10,15,17,20H,5,8,11-13H2,1-4H3. The molecule has 21 heavy (non-hydrogen) atoms. The van der Waals surface area contributed by atoms with Crippen LogP contribution in [-0.4, -0.2) is 30.1 Å². The highest BCUT2D eigenvalue weighted by molar-refractivity contribution is 9.10. The zero-order valence-corrected chi connectivity index (χ0v) is 15.4. The van der Waals surface area contributed by atoms with E-state index in [1.54, 1.807) is 0 Å². The topological polar surface area (TPSA) is 15.3 Å². The molecule has 0 bridgehead atoms. The van der Waals surface area contributed by atoms with Gasteiger partial charge < -0.3 is 5.32 Å². The van der Waals surface area contributed by atoms with Crippen LogP contribution in [0, 0.1) is 5.41 Å². The number of piperazine rings is 1. The third-order valence-corrected chi connectivity index (χ3v) is 5.24. The lowest BCUT2D eigenvalue weighted by molar-refractivity contribution is 0.0473. The van der Waals surface area contributed by atoms with Gasteiger partial charge in [0.15, 0.2) is 0 Å². The zero-order chi connectivity index (χ0) is 15.5. The van der Waals surface area contributed by atoms with Gasteiger partial charge in [0, 0.05) is 36.2 Å². The van der Waals surface area contributed by atoms with E-state index in [0.717, 1.165) is 19.6 Å². The van der Waals surface area contributed by atoms with E-state index in [2.05, 4.69) is 78.1 Å². The highest BCUT2D eigenvalue weighted by Crippen LogP contribution is 2.29. The third-order valence-electron chi connectivity index (χ3n) is 4.46. The van der Waals surface area contributed by atoms with Gasteiger partial charge in [-0.15, -0.1) is 0 Å². The molecule has 0 radical (unpaired) electrons. The van der Waals surface area contributed by atoms with Gasteiger partial charge in [-0.1, -0.05) is 68.2 Å². The lowest BCUT2D eigenvalue weighted by atomic mass is 9.83. The summed E-state index contributed by atoms with van der Waals surface area (Å²) in [5.74, 6) is 0. The van der Waals surface area contributed by atoms with Crippen LogP contribution >= 0.6 is 15.9 Å². The largest absolute Gasteiger partial charge is 0.311 e. The van der Waals surface area contributed by atoms with Crippen LogP contribution in [0.25, 0.3) is 0 Å². The maximum absolute atomic E-state index is 3.75. The summed E-state index contributed by atoms with van der Waals surface area (Å²) < 4.78 is 1.23. The number of hydrogen-bond donors (Lipinski definition) is 1. The molecule has 3 heteroatoms. The second-order valence-corrected chi connectivity index (χ2v) is 8.15. The molecule has 118 valence electrons. The Morgan fingerprint density at radius 2 is 2.00 bits per heavy atom. The zero-order valence-electron chi connectivity index (χ0n) is 13.8. The van der Waals surface area contributed by atoms with Crippen LogP contribution in [0.2, 0.25) is 0 Å². The Bertz CT molecular complexity index is 453. The Hall–Kier alpha value is -0.380. The first-order chi connectivity index (χ1) is 9.91. The molecular formula is C18H29BrN2. The first-order valence-electron chi connectivity index (χ1n) is 8.12. The fourth-order valence-electron chi connectivity index (χ4n) is 3.30. The molecule has 0 spiro atoms. The van der Waals surface area contributed by atoms with Gasteiger partial charge in [-0.05, 0) is 23.5 Å². The lowest BCUT2D eigenvalue weighted by Crippen LogP contribution is -2.60. The van der Waals surface area contributed by atoms with Crippen LogP contribution in [0.4, 0.5) is 0 Å². The van der Waals surface area contributed by atoms with Crippen molar-refractivity contribution in [1.82, 2.24) is 10.2 Å². The molecular weight excluding hydrogens is 324 g/mol. The minimum Gasteiger partial charge on any atom is -0.311 e. The van der Waals surface area contributed by atoms with Gasteiger partial charge in [0.1, 0.15) is 0 Å². The molecule has 1 aliphatic heterocycles. The number of halogens is 1. The average Bonchev–Trinajstić information content (AvgIpc) is 2.41. The summed E-state index contributed by atoms with van der Waals surface area (Å²) in [6.45, 7) is 12.6. The van der Waals surface area contributed by atoms with Crippen molar-refractivity contribution < 1.29 is 0 Å². The van der Waals surface area contributed by atoms with E-state index in [9.17, 15) is 0 Å². The van der Waals surface area contributed by atoms with E-state index in [1.165, 1.54) is 22.9 Å². The van der Waals surface area contributed by atoms with Crippen molar-refractivity contribution in [3.8, 4) is 0 Å². The van der Waals surface area contributed by atoms with Gasteiger partial charge in [0.2, 0.25) is 0 Å². The fourth-order valence-corrected chi connectivity index (χ4v) is 3.71. The van der Waals surface area contributed by atoms with Crippen LogP contribution in [0.3, 0.4) is 0 Å². The van der Waals surface area contributed by atoms with E-state index in [-0.39, 0.29) is 0 Å². The molecule has 2 atom stereocenters. The van der Waals surface area contributed by atoms with Gasteiger partial charge in [0.25, 0.3) is 0 Å². The van der Waals surface area contributed by atoms with E-state index >= 15 is 0 Å². The Balaban J connectivity index is 2.15. The number of hydrogen-bond acceptors (Lipinski definition) is 2. The monoisotopic (exact) mass is 352 g/mol. The maximum Gasteiger partial charge on any atom is 0.0273 e. The molecule has 1 aliphatic rings. The van der Waals surface area contributed by atoms with Crippen molar-refractivity contribution in [2.45, 2.75) is 59.2 Å². The number of benzene rings is 1. The first-order valence-corrected chi connectivity index (χ1v) is 8.92. The smallest absolute Gasteiger partial charge is 0.0273 e. The van der Waals surface area contributed by atoms with Crippen molar-refractivity contribution in [2.24, 2.45) is 5.41 Å². The molecule has 1 N–H and O–H groups in total. The SMILES string of the molecule is CCCC1CN(Cc2ccccc2Br)C(C(C)(C)C)CN1. The van der Waals surface area contributed by atoms with Gasteiger partial charge in [0.05, 0.1) is 0 Å². The minimum atomic E-state index is 0.297. The molecule has 0 aliphatic carbocycles. The molecule has 1 saturated heterocycles. The molecule has 1 aromatic rings. The number of rotatable bonds is 4. The van der Waals surface area contributed by atoms with Gasteiger partial charge >= 0.3 is 0 Å². The second kappa shape index (κ2) is 7.26. The molecule has 2 rings (SSSR count). The summed E-state index contributed by atoms with van der Waals surface area (Å²) in [6.07, 6.45) is 2.52. The van der Waals surface area contributed by atoms with Crippen LogP contribution in [0.5, 0.6) is 0 Å². The molecule has 1 aromatic carbocycles. The minimum absolute atomic E-state index is 0.297. The average molecular weight is 353 g/mol. The van der Waals surface area contributed by atoms with Crippen molar-refractivity contribution >= 4 is 15.9 Å². The quantitative estimate of drug-likeness (QED) is 0.861. The summed E-state index contributed by atoms with van der Waals surface area (Å²) in [7, 11) is 0. The van der Waals surface area contributed by atoms with Crippen LogP contribution in [-0.2, 0) is 6.54 Å². The number of nitrogens with zero attached hydrogens (tertiary/aromatic N) is 1. The predicted octanol–water partition coefficient (Wildman–Crippen LogP) is 4.44. The predicted molar refractivity (Wildman–Crippen MR) is 94.5 cm³/mol. The van der Waals surface area contributed by atoms with Gasteiger partial charge in [-0.2, -0.15) is 0 Å². The molecule has 1 fully saturated rings. The molecule has 0 saturated carbocycles. The Labute approximate surface area is 138 Å². The van der Waals surface area contributed by atoms with E-state index < -0.39 is 0 Å². The molecule has 0 aromatic heterocycles. The Morgan fingerprint density at radius 3 is 2.62 bits per heavy atom. The Morgan fingerprint density at radius 1 is 1.29 bits per heavy atom. The maximum atomic E-state index is 3.75. The highest BCUT2D eigenvalue weighted by atomic mass is 79.9. The van der Waals surface area contributed by atoms with Gasteiger partial charge in [-0.3, -0.25) is 4.90 Å². The van der Waals surface area contributed by atoms with E-state index in [0.29, 0.717) is 17.5 Å². The van der Waals surface area contributed by atoms with Crippen LogP contribution in [0.1, 0.15) is 46.1 Å². The Kier molecular flexibility index (Phi) is 5.87. The van der Waals surface area contributed by atoms with Crippen molar-refractivity contribution in [1.29, 1.82) is 0 Å². The van der Waals surface area contributed by atoms with E-state index in [4.69, 9.17) is 0 Å². The first kappa shape index (κ1) is 17.0. The summed E-state index contributed by atoms with van der Waals surface area (Å²) >= 11 is 3.70. The van der Waals surface area contributed by atoms with Crippen molar-refractivity contribution in [3.63, 3.8) is 0 Å². The highest BCUT2D eigenvalue weighted by Gasteiger charge is 2.35. The normalized spacial score (nSPS) is 24.2. The molecule has 0 amide bonds. The second-order valence-electron chi connectivity index (χ2n) is 7.30. The van der Waals surface area contributed by atoms with Gasteiger partial charge in [-0.25, -0.2) is 0 Å². The van der Waals surface area contributed by atoms with Crippen LogP contribution < -0.4 is 5.32 Å². The number of nitrogens with one attached hydrogen (secondary N) is 1.